The largest absolute Gasteiger partial charge is 0.379 e. The number of rotatable bonds is 13. The first-order valence-electron chi connectivity index (χ1n) is 13.3. The van der Waals surface area contributed by atoms with E-state index in [0.717, 1.165) is 55.0 Å². The van der Waals surface area contributed by atoms with Crippen LogP contribution in [0.2, 0.25) is 10.0 Å². The number of hydrogen-bond donors (Lipinski definition) is 1. The van der Waals surface area contributed by atoms with Gasteiger partial charge in [-0.2, -0.15) is 0 Å². The Hall–Kier alpha value is -2.11. The lowest BCUT2D eigenvalue weighted by molar-refractivity contribution is 0.0371. The third-order valence-corrected chi connectivity index (χ3v) is 7.27. The smallest absolute Gasteiger partial charge is 0.0728 e. The van der Waals surface area contributed by atoms with Gasteiger partial charge in [-0.1, -0.05) is 79.6 Å². The zero-order chi connectivity index (χ0) is 25.0. The van der Waals surface area contributed by atoms with Crippen molar-refractivity contribution in [1.82, 2.24) is 9.88 Å². The molecule has 0 amide bonds. The molecule has 6 heteroatoms. The number of nitrogens with one attached hydrogen (secondary N) is 1. The second-order valence-electron chi connectivity index (χ2n) is 9.50. The summed E-state index contributed by atoms with van der Waals surface area (Å²) in [5, 5.41) is 5.69. The fraction of sp³-hybridized carbons (Fsp3) is 0.433. The molecule has 0 unspecified atom stereocenters. The van der Waals surface area contributed by atoms with Gasteiger partial charge in [0.25, 0.3) is 0 Å². The first kappa shape index (κ1) is 26.9. The summed E-state index contributed by atoms with van der Waals surface area (Å²) in [6.07, 6.45) is 16.8. The highest BCUT2D eigenvalue weighted by Gasteiger charge is 2.09. The van der Waals surface area contributed by atoms with Gasteiger partial charge in [-0.05, 0) is 61.7 Å². The van der Waals surface area contributed by atoms with Gasteiger partial charge >= 0.3 is 0 Å². The fourth-order valence-corrected chi connectivity index (χ4v) is 5.10. The average molecular weight is 527 g/mol. The van der Waals surface area contributed by atoms with E-state index in [1.165, 1.54) is 57.1 Å². The summed E-state index contributed by atoms with van der Waals surface area (Å²) in [6.45, 7) is 5.28. The van der Waals surface area contributed by atoms with Crippen molar-refractivity contribution in [3.8, 4) is 0 Å². The van der Waals surface area contributed by atoms with Crippen molar-refractivity contribution in [3.05, 3.63) is 70.3 Å². The number of nitrogens with zero attached hydrogens (tertiary/aromatic N) is 2. The van der Waals surface area contributed by atoms with Crippen LogP contribution in [0.5, 0.6) is 0 Å². The molecule has 192 valence electrons. The van der Waals surface area contributed by atoms with Crippen LogP contribution in [0.3, 0.4) is 0 Å². The Morgan fingerprint density at radius 3 is 2.44 bits per heavy atom. The summed E-state index contributed by atoms with van der Waals surface area (Å²) in [5.41, 5.74) is 3.93. The lowest BCUT2D eigenvalue weighted by Crippen LogP contribution is -2.36. The van der Waals surface area contributed by atoms with Crippen molar-refractivity contribution in [2.45, 2.75) is 51.4 Å². The summed E-state index contributed by atoms with van der Waals surface area (Å²) in [5.74, 6) is 0. The molecular formula is C30H37Cl2N3O. The molecule has 0 bridgehead atoms. The van der Waals surface area contributed by atoms with Crippen molar-refractivity contribution in [2.24, 2.45) is 0 Å². The SMILES string of the molecule is Clc1ccc(Nc2ccnc3cc(/C=C/CCCCCCCCCN4CCOCC4)ccc23)c(Cl)c1. The van der Waals surface area contributed by atoms with Gasteiger partial charge < -0.3 is 10.1 Å². The highest BCUT2D eigenvalue weighted by molar-refractivity contribution is 6.36. The van der Waals surface area contributed by atoms with Crippen molar-refractivity contribution in [3.63, 3.8) is 0 Å². The highest BCUT2D eigenvalue weighted by atomic mass is 35.5. The molecule has 4 nitrogen and oxygen atoms in total. The third-order valence-electron chi connectivity index (χ3n) is 6.73. The number of ether oxygens (including phenoxy) is 1. The van der Waals surface area contributed by atoms with Gasteiger partial charge in [0, 0.05) is 35.4 Å². The Labute approximate surface area is 225 Å². The van der Waals surface area contributed by atoms with E-state index in [2.05, 4.69) is 45.6 Å². The van der Waals surface area contributed by atoms with Crippen LogP contribution in [0.1, 0.15) is 56.9 Å². The van der Waals surface area contributed by atoms with Gasteiger partial charge in [-0.15, -0.1) is 0 Å². The van der Waals surface area contributed by atoms with Crippen molar-refractivity contribution >= 4 is 51.6 Å². The molecule has 1 aliphatic heterocycles. The van der Waals surface area contributed by atoms with Crippen LogP contribution < -0.4 is 5.32 Å². The fourth-order valence-electron chi connectivity index (χ4n) is 4.64. The number of fused-ring (bicyclic) bond motifs is 1. The normalized spacial score (nSPS) is 14.6. The molecule has 0 saturated carbocycles. The summed E-state index contributed by atoms with van der Waals surface area (Å²) in [4.78, 5) is 7.11. The zero-order valence-corrected chi connectivity index (χ0v) is 22.5. The molecule has 1 saturated heterocycles. The van der Waals surface area contributed by atoms with E-state index < -0.39 is 0 Å². The van der Waals surface area contributed by atoms with E-state index in [1.807, 2.05) is 24.4 Å². The molecule has 2 aromatic carbocycles. The second-order valence-corrected chi connectivity index (χ2v) is 10.3. The first-order chi connectivity index (χ1) is 17.7. The number of pyridine rings is 1. The standard InChI is InChI=1S/C30H37Cl2N3O/c31-25-12-14-29(27(32)23-25)34-28-15-16-33-30-22-24(11-13-26(28)30)10-8-6-4-2-1-3-5-7-9-17-35-18-20-36-21-19-35/h8,10-16,22-23H,1-7,9,17-21H2,(H,33,34)/b10-8+. The average Bonchev–Trinajstić information content (AvgIpc) is 2.89. The van der Waals surface area contributed by atoms with Crippen LogP contribution in [-0.4, -0.2) is 42.7 Å². The maximum absolute atomic E-state index is 6.34. The zero-order valence-electron chi connectivity index (χ0n) is 21.0. The number of morpholine rings is 1. The van der Waals surface area contributed by atoms with Crippen LogP contribution in [0, 0.1) is 0 Å². The molecule has 2 heterocycles. The topological polar surface area (TPSA) is 37.4 Å². The Morgan fingerprint density at radius 1 is 0.861 bits per heavy atom. The van der Waals surface area contributed by atoms with Crippen molar-refractivity contribution in [1.29, 1.82) is 0 Å². The molecule has 1 aliphatic rings. The minimum atomic E-state index is 0.593. The number of benzene rings is 2. The Balaban J connectivity index is 1.15. The van der Waals surface area contributed by atoms with E-state index >= 15 is 0 Å². The number of halogens is 2. The van der Waals surface area contributed by atoms with Gasteiger partial charge in [0.15, 0.2) is 0 Å². The molecule has 0 aliphatic carbocycles. The van der Waals surface area contributed by atoms with E-state index in [-0.39, 0.29) is 0 Å². The number of anilines is 2. The quantitative estimate of drug-likeness (QED) is 0.226. The highest BCUT2D eigenvalue weighted by Crippen LogP contribution is 2.31. The maximum Gasteiger partial charge on any atom is 0.0728 e. The van der Waals surface area contributed by atoms with E-state index in [9.17, 15) is 0 Å². The van der Waals surface area contributed by atoms with Crippen molar-refractivity contribution < 1.29 is 4.74 Å². The van der Waals surface area contributed by atoms with Crippen LogP contribution in [0.15, 0.2) is 54.7 Å². The van der Waals surface area contributed by atoms with Gasteiger partial charge in [0.2, 0.25) is 0 Å². The van der Waals surface area contributed by atoms with Gasteiger partial charge in [-0.25, -0.2) is 0 Å². The molecule has 36 heavy (non-hydrogen) atoms. The lowest BCUT2D eigenvalue weighted by atomic mass is 10.1. The summed E-state index contributed by atoms with van der Waals surface area (Å²) >= 11 is 12.4. The Bertz CT molecular complexity index is 1130. The molecule has 1 aromatic heterocycles. The third kappa shape index (κ3) is 8.48. The predicted molar refractivity (Wildman–Crippen MR) is 155 cm³/mol. The second kappa shape index (κ2) is 14.6. The predicted octanol–water partition coefficient (Wildman–Crippen LogP) is 8.75. The monoisotopic (exact) mass is 525 g/mol. The Morgan fingerprint density at radius 2 is 1.64 bits per heavy atom. The minimum absolute atomic E-state index is 0.593. The molecule has 1 fully saturated rings. The number of allylic oxidation sites excluding steroid dienone is 1. The molecule has 0 atom stereocenters. The van der Waals surface area contributed by atoms with Gasteiger partial charge in [0.05, 0.1) is 29.4 Å². The molecular weight excluding hydrogens is 489 g/mol. The molecule has 4 rings (SSSR count). The molecule has 3 aromatic rings. The van der Waals surface area contributed by atoms with Gasteiger partial charge in [0.1, 0.15) is 0 Å². The van der Waals surface area contributed by atoms with E-state index in [1.54, 1.807) is 6.07 Å². The molecule has 1 N–H and O–H groups in total. The minimum Gasteiger partial charge on any atom is -0.379 e. The summed E-state index contributed by atoms with van der Waals surface area (Å²) in [6, 6.07) is 13.8. The van der Waals surface area contributed by atoms with Crippen molar-refractivity contribution in [2.75, 3.05) is 38.2 Å². The van der Waals surface area contributed by atoms with Gasteiger partial charge in [-0.3, -0.25) is 9.88 Å². The number of hydrogen-bond acceptors (Lipinski definition) is 4. The summed E-state index contributed by atoms with van der Waals surface area (Å²) in [7, 11) is 0. The van der Waals surface area contributed by atoms with Crippen LogP contribution in [-0.2, 0) is 4.74 Å². The van der Waals surface area contributed by atoms with E-state index in [0.29, 0.717) is 10.0 Å². The number of unbranched alkanes of at least 4 members (excludes halogenated alkanes) is 7. The lowest BCUT2D eigenvalue weighted by Gasteiger charge is -2.26. The van der Waals surface area contributed by atoms with E-state index in [4.69, 9.17) is 27.9 Å². The molecule has 0 radical (unpaired) electrons. The van der Waals surface area contributed by atoms with Crippen LogP contribution in [0.25, 0.3) is 17.0 Å². The van der Waals surface area contributed by atoms with Crippen LogP contribution in [0.4, 0.5) is 11.4 Å². The number of aromatic nitrogens is 1. The maximum atomic E-state index is 6.34. The molecule has 0 spiro atoms. The first-order valence-corrected chi connectivity index (χ1v) is 14.0. The Kier molecular flexibility index (Phi) is 10.9. The van der Waals surface area contributed by atoms with Crippen LogP contribution >= 0.6 is 23.2 Å². The summed E-state index contributed by atoms with van der Waals surface area (Å²) < 4.78 is 5.41.